The summed E-state index contributed by atoms with van der Waals surface area (Å²) in [4.78, 5) is 4.48. The molecule has 1 aromatic heterocycles. The molecular formula is C13H13BrN2O2. The second kappa shape index (κ2) is 4.40. The van der Waals surface area contributed by atoms with Gasteiger partial charge in [0.15, 0.2) is 0 Å². The van der Waals surface area contributed by atoms with Crippen LogP contribution in [0, 0.1) is 0 Å². The Kier molecular flexibility index (Phi) is 2.87. The first kappa shape index (κ1) is 11.7. The fourth-order valence-corrected chi connectivity index (χ4v) is 3.04. The van der Waals surface area contributed by atoms with Crippen molar-refractivity contribution in [3.05, 3.63) is 34.6 Å². The third kappa shape index (κ3) is 1.83. The number of aliphatic hydroxyl groups is 1. The van der Waals surface area contributed by atoms with Crippen molar-refractivity contribution in [1.29, 1.82) is 0 Å². The van der Waals surface area contributed by atoms with E-state index in [1.165, 1.54) is 0 Å². The minimum atomic E-state index is -0.452. The molecule has 1 atom stereocenters. The van der Waals surface area contributed by atoms with Gasteiger partial charge in [-0.15, -0.1) is 0 Å². The Balaban J connectivity index is 2.13. The van der Waals surface area contributed by atoms with E-state index in [4.69, 9.17) is 0 Å². The van der Waals surface area contributed by atoms with Crippen LogP contribution >= 0.6 is 15.9 Å². The lowest BCUT2D eigenvalue weighted by Gasteiger charge is -2.21. The molecule has 1 aliphatic heterocycles. The minimum Gasteiger partial charge on any atom is -0.508 e. The maximum Gasteiger partial charge on any atom is 0.141 e. The largest absolute Gasteiger partial charge is 0.508 e. The molecule has 2 aromatic rings. The van der Waals surface area contributed by atoms with Crippen molar-refractivity contribution in [3.8, 4) is 17.1 Å². The van der Waals surface area contributed by atoms with Gasteiger partial charge in [0.05, 0.1) is 11.8 Å². The summed E-state index contributed by atoms with van der Waals surface area (Å²) in [7, 11) is 0. The van der Waals surface area contributed by atoms with Gasteiger partial charge < -0.3 is 14.8 Å². The molecule has 3 rings (SSSR count). The third-order valence-corrected chi connectivity index (χ3v) is 3.85. The van der Waals surface area contributed by atoms with Crippen LogP contribution in [0.15, 0.2) is 28.9 Å². The molecule has 2 heterocycles. The molecule has 1 aromatic carbocycles. The van der Waals surface area contributed by atoms with Gasteiger partial charge >= 0.3 is 0 Å². The van der Waals surface area contributed by atoms with E-state index in [1.807, 2.05) is 16.7 Å². The number of aromatic nitrogens is 2. The number of imidazole rings is 1. The SMILES string of the molecule is Oc1ccc(-c2nc(Br)c3n2CCCC3O)cc1. The monoisotopic (exact) mass is 308 g/mol. The molecule has 0 amide bonds. The summed E-state index contributed by atoms with van der Waals surface area (Å²) in [6.45, 7) is 0.862. The van der Waals surface area contributed by atoms with E-state index in [0.29, 0.717) is 4.60 Å². The number of phenols is 1. The lowest BCUT2D eigenvalue weighted by atomic mass is 10.1. The maximum atomic E-state index is 10.0. The van der Waals surface area contributed by atoms with Crippen LogP contribution in [0.25, 0.3) is 11.4 Å². The number of hydrogen-bond donors (Lipinski definition) is 2. The van der Waals surface area contributed by atoms with Gasteiger partial charge in [-0.2, -0.15) is 0 Å². The first-order valence-corrected chi connectivity index (χ1v) is 6.69. The number of halogens is 1. The van der Waals surface area contributed by atoms with Crippen molar-refractivity contribution in [3.63, 3.8) is 0 Å². The highest BCUT2D eigenvalue weighted by molar-refractivity contribution is 9.10. The molecule has 0 saturated carbocycles. The van der Waals surface area contributed by atoms with Gasteiger partial charge in [-0.1, -0.05) is 0 Å². The maximum absolute atomic E-state index is 10.0. The predicted octanol–water partition coefficient (Wildman–Crippen LogP) is 2.85. The number of nitrogens with zero attached hydrogens (tertiary/aromatic N) is 2. The Hall–Kier alpha value is -1.33. The molecule has 2 N–H and O–H groups in total. The molecule has 1 unspecified atom stereocenters. The van der Waals surface area contributed by atoms with E-state index in [2.05, 4.69) is 20.9 Å². The third-order valence-electron chi connectivity index (χ3n) is 3.26. The van der Waals surface area contributed by atoms with Crippen LogP contribution in [0.5, 0.6) is 5.75 Å². The number of benzene rings is 1. The van der Waals surface area contributed by atoms with E-state index in [1.54, 1.807) is 12.1 Å². The highest BCUT2D eigenvalue weighted by atomic mass is 79.9. The highest BCUT2D eigenvalue weighted by Gasteiger charge is 2.25. The van der Waals surface area contributed by atoms with Gasteiger partial charge in [0.1, 0.15) is 16.2 Å². The molecule has 0 aliphatic carbocycles. The Bertz CT molecular complexity index is 577. The number of fused-ring (bicyclic) bond motifs is 1. The van der Waals surface area contributed by atoms with Crippen LogP contribution in [-0.2, 0) is 6.54 Å². The molecule has 0 fully saturated rings. The molecule has 18 heavy (non-hydrogen) atoms. The average Bonchev–Trinajstić information content (AvgIpc) is 2.69. The first-order valence-electron chi connectivity index (χ1n) is 5.90. The van der Waals surface area contributed by atoms with E-state index in [-0.39, 0.29) is 5.75 Å². The Morgan fingerprint density at radius 1 is 1.28 bits per heavy atom. The fourth-order valence-electron chi connectivity index (χ4n) is 2.39. The topological polar surface area (TPSA) is 58.3 Å². The number of rotatable bonds is 1. The van der Waals surface area contributed by atoms with E-state index in [0.717, 1.165) is 36.5 Å². The van der Waals surface area contributed by atoms with Crippen LogP contribution in [0.3, 0.4) is 0 Å². The number of aliphatic hydroxyl groups excluding tert-OH is 1. The smallest absolute Gasteiger partial charge is 0.141 e. The summed E-state index contributed by atoms with van der Waals surface area (Å²) < 4.78 is 2.75. The zero-order valence-corrected chi connectivity index (χ0v) is 11.3. The number of phenolic OH excluding ortho intramolecular Hbond substituents is 1. The highest BCUT2D eigenvalue weighted by Crippen LogP contribution is 2.35. The Morgan fingerprint density at radius 2 is 2.00 bits per heavy atom. The molecule has 1 aliphatic rings. The fraction of sp³-hybridized carbons (Fsp3) is 0.308. The summed E-state index contributed by atoms with van der Waals surface area (Å²) in [5.41, 5.74) is 1.79. The van der Waals surface area contributed by atoms with Crippen LogP contribution in [-0.4, -0.2) is 19.8 Å². The normalized spacial score (nSPS) is 18.7. The zero-order chi connectivity index (χ0) is 12.7. The van der Waals surface area contributed by atoms with E-state index >= 15 is 0 Å². The van der Waals surface area contributed by atoms with Gasteiger partial charge in [-0.25, -0.2) is 4.98 Å². The average molecular weight is 309 g/mol. The summed E-state index contributed by atoms with van der Waals surface area (Å²) in [6, 6.07) is 6.95. The van der Waals surface area contributed by atoms with Crippen molar-refractivity contribution in [1.82, 2.24) is 9.55 Å². The minimum absolute atomic E-state index is 0.239. The molecule has 0 spiro atoms. The van der Waals surface area contributed by atoms with Crippen LogP contribution in [0.4, 0.5) is 0 Å². The summed E-state index contributed by atoms with van der Waals surface area (Å²) in [5, 5.41) is 19.3. The van der Waals surface area contributed by atoms with Gasteiger partial charge in [-0.05, 0) is 53.0 Å². The van der Waals surface area contributed by atoms with Crippen molar-refractivity contribution < 1.29 is 10.2 Å². The molecule has 0 radical (unpaired) electrons. The van der Waals surface area contributed by atoms with E-state index < -0.39 is 6.10 Å². The van der Waals surface area contributed by atoms with Crippen molar-refractivity contribution in [2.24, 2.45) is 0 Å². The standard InChI is InChI=1S/C13H13BrN2O2/c14-12-11-10(18)2-1-7-16(11)13(15-12)8-3-5-9(17)6-4-8/h3-6,10,17-18H,1-2,7H2. The second-order valence-corrected chi connectivity index (χ2v) is 5.22. The van der Waals surface area contributed by atoms with Crippen molar-refractivity contribution in [2.45, 2.75) is 25.5 Å². The second-order valence-electron chi connectivity index (χ2n) is 4.47. The van der Waals surface area contributed by atoms with Crippen LogP contribution in [0.1, 0.15) is 24.6 Å². The van der Waals surface area contributed by atoms with Gasteiger partial charge in [0.2, 0.25) is 0 Å². The number of hydrogen-bond acceptors (Lipinski definition) is 3. The van der Waals surface area contributed by atoms with Gasteiger partial charge in [-0.3, -0.25) is 0 Å². The van der Waals surface area contributed by atoms with E-state index in [9.17, 15) is 10.2 Å². The first-order chi connectivity index (χ1) is 8.66. The van der Waals surface area contributed by atoms with Gasteiger partial charge in [0, 0.05) is 12.1 Å². The Morgan fingerprint density at radius 3 is 2.72 bits per heavy atom. The molecule has 5 heteroatoms. The molecular weight excluding hydrogens is 296 g/mol. The summed E-state index contributed by atoms with van der Waals surface area (Å²) in [5.74, 6) is 1.07. The van der Waals surface area contributed by atoms with Crippen molar-refractivity contribution in [2.75, 3.05) is 0 Å². The predicted molar refractivity (Wildman–Crippen MR) is 71.2 cm³/mol. The summed E-state index contributed by atoms with van der Waals surface area (Å²) >= 11 is 3.41. The van der Waals surface area contributed by atoms with Gasteiger partial charge in [0.25, 0.3) is 0 Å². The quantitative estimate of drug-likeness (QED) is 0.851. The molecule has 4 nitrogen and oxygen atoms in total. The van der Waals surface area contributed by atoms with Crippen LogP contribution in [0.2, 0.25) is 0 Å². The molecule has 0 saturated heterocycles. The lowest BCUT2D eigenvalue weighted by molar-refractivity contribution is 0.138. The van der Waals surface area contributed by atoms with Crippen LogP contribution < -0.4 is 0 Å². The number of aromatic hydroxyl groups is 1. The molecule has 94 valence electrons. The summed E-state index contributed by atoms with van der Waals surface area (Å²) in [6.07, 6.45) is 1.27. The zero-order valence-electron chi connectivity index (χ0n) is 9.67. The van der Waals surface area contributed by atoms with Crippen molar-refractivity contribution >= 4 is 15.9 Å². The Labute approximate surface area is 113 Å². The molecule has 0 bridgehead atoms. The lowest BCUT2D eigenvalue weighted by Crippen LogP contribution is -2.15.